The van der Waals surface area contributed by atoms with Crippen LogP contribution in [0.1, 0.15) is 213 Å². The average Bonchev–Trinajstić information content (AvgIpc) is 3.18. The van der Waals surface area contributed by atoms with Crippen LogP contribution in [0.4, 0.5) is 0 Å². The summed E-state index contributed by atoms with van der Waals surface area (Å²) in [5.41, 5.74) is 0. The molecular weight excluding hydrogens is 685 g/mol. The fraction of sp³-hybridized carbons (Fsp3) is 0.735. The van der Waals surface area contributed by atoms with Crippen LogP contribution in [0.5, 0.6) is 0 Å². The Hall–Kier alpha value is -2.89. The van der Waals surface area contributed by atoms with Crippen LogP contribution < -0.4 is 0 Å². The third-order valence-electron chi connectivity index (χ3n) is 9.49. The van der Waals surface area contributed by atoms with Crippen molar-refractivity contribution >= 4 is 17.9 Å². The van der Waals surface area contributed by atoms with Crippen molar-refractivity contribution in [1.82, 2.24) is 0 Å². The van der Waals surface area contributed by atoms with Gasteiger partial charge in [-0.25, -0.2) is 0 Å². The first-order chi connectivity index (χ1) is 27.0. The van der Waals surface area contributed by atoms with E-state index in [1.54, 1.807) is 0 Å². The lowest BCUT2D eigenvalue weighted by molar-refractivity contribution is -0.167. The highest BCUT2D eigenvalue weighted by molar-refractivity contribution is 5.71. The lowest BCUT2D eigenvalue weighted by Crippen LogP contribution is -2.30. The van der Waals surface area contributed by atoms with E-state index < -0.39 is 6.10 Å². The van der Waals surface area contributed by atoms with Crippen LogP contribution in [0.25, 0.3) is 0 Å². The fourth-order valence-electron chi connectivity index (χ4n) is 6.10. The van der Waals surface area contributed by atoms with Crippen molar-refractivity contribution in [3.8, 4) is 0 Å². The molecular formula is C49H84O6. The van der Waals surface area contributed by atoms with Crippen molar-refractivity contribution in [1.29, 1.82) is 0 Å². The largest absolute Gasteiger partial charge is 0.462 e. The van der Waals surface area contributed by atoms with E-state index >= 15 is 0 Å². The topological polar surface area (TPSA) is 78.9 Å². The molecule has 0 spiro atoms. The Labute approximate surface area is 339 Å². The van der Waals surface area contributed by atoms with Crippen LogP contribution in [-0.4, -0.2) is 37.2 Å². The van der Waals surface area contributed by atoms with Crippen LogP contribution in [0, 0.1) is 0 Å². The molecule has 0 aliphatic heterocycles. The molecule has 0 rings (SSSR count). The third-order valence-corrected chi connectivity index (χ3v) is 9.49. The van der Waals surface area contributed by atoms with Crippen LogP contribution >= 0.6 is 0 Å². The highest BCUT2D eigenvalue weighted by Crippen LogP contribution is 2.13. The van der Waals surface area contributed by atoms with E-state index in [2.05, 4.69) is 81.5 Å². The van der Waals surface area contributed by atoms with Gasteiger partial charge in [-0.05, 0) is 96.3 Å². The molecule has 1 atom stereocenters. The van der Waals surface area contributed by atoms with Gasteiger partial charge in [0.2, 0.25) is 0 Å². The summed E-state index contributed by atoms with van der Waals surface area (Å²) < 4.78 is 16.6. The number of allylic oxidation sites excluding steroid dienone is 10. The summed E-state index contributed by atoms with van der Waals surface area (Å²) in [5, 5.41) is 0. The predicted octanol–water partition coefficient (Wildman–Crippen LogP) is 14.5. The molecule has 0 saturated carbocycles. The molecule has 0 bridgehead atoms. The van der Waals surface area contributed by atoms with Gasteiger partial charge in [-0.2, -0.15) is 0 Å². The van der Waals surface area contributed by atoms with E-state index in [1.807, 2.05) is 0 Å². The second-order valence-corrected chi connectivity index (χ2v) is 14.9. The molecule has 0 aliphatic rings. The van der Waals surface area contributed by atoms with Crippen molar-refractivity contribution in [3.63, 3.8) is 0 Å². The molecule has 0 aromatic heterocycles. The van der Waals surface area contributed by atoms with Gasteiger partial charge >= 0.3 is 17.9 Å². The maximum atomic E-state index is 12.6. The molecule has 0 fully saturated rings. The van der Waals surface area contributed by atoms with E-state index in [9.17, 15) is 14.4 Å². The van der Waals surface area contributed by atoms with Crippen molar-refractivity contribution in [2.75, 3.05) is 13.2 Å². The molecule has 0 radical (unpaired) electrons. The number of hydrogen-bond acceptors (Lipinski definition) is 6. The first-order valence-corrected chi connectivity index (χ1v) is 22.8. The van der Waals surface area contributed by atoms with Crippen LogP contribution in [0.2, 0.25) is 0 Å². The molecule has 0 saturated heterocycles. The number of rotatable bonds is 40. The molecule has 0 amide bonds. The lowest BCUT2D eigenvalue weighted by Gasteiger charge is -2.18. The zero-order valence-corrected chi connectivity index (χ0v) is 35.9. The van der Waals surface area contributed by atoms with Crippen LogP contribution in [-0.2, 0) is 28.6 Å². The summed E-state index contributed by atoms with van der Waals surface area (Å²) >= 11 is 0. The zero-order chi connectivity index (χ0) is 40.1. The third kappa shape index (κ3) is 42.1. The van der Waals surface area contributed by atoms with E-state index in [1.165, 1.54) is 89.9 Å². The van der Waals surface area contributed by atoms with Crippen LogP contribution in [0.15, 0.2) is 60.8 Å². The summed E-state index contributed by atoms with van der Waals surface area (Å²) in [6.07, 6.45) is 52.4. The van der Waals surface area contributed by atoms with Gasteiger partial charge in [0.25, 0.3) is 0 Å². The van der Waals surface area contributed by atoms with Gasteiger partial charge in [0.05, 0.1) is 0 Å². The molecule has 6 nitrogen and oxygen atoms in total. The molecule has 0 aromatic carbocycles. The molecule has 6 heteroatoms. The standard InChI is InChI=1S/C49H84O6/c1-4-7-10-13-16-19-20-21-22-23-24-25-26-27-28-31-33-36-39-42-48(51)54-45-46(55-49(52)43-40-37-34-30-18-15-12-9-6-3)44-53-47(50)41-38-35-32-29-17-14-11-8-5-2/h8-9,11-12,17-18,23-24,29-30,46H,4-7,10,13-16,19-22,25-28,31-45H2,1-3H3/b11-8-,12-9-,24-23-,29-17-,30-18-. The predicted molar refractivity (Wildman–Crippen MR) is 233 cm³/mol. The Morgan fingerprint density at radius 2 is 0.709 bits per heavy atom. The van der Waals surface area contributed by atoms with Crippen LogP contribution in [0.3, 0.4) is 0 Å². The van der Waals surface area contributed by atoms with E-state index in [-0.39, 0.29) is 37.5 Å². The monoisotopic (exact) mass is 769 g/mol. The first kappa shape index (κ1) is 52.1. The lowest BCUT2D eigenvalue weighted by atomic mass is 10.1. The quantitative estimate of drug-likeness (QED) is 0.0267. The summed E-state index contributed by atoms with van der Waals surface area (Å²) in [5.74, 6) is -0.986. The van der Waals surface area contributed by atoms with Gasteiger partial charge in [-0.15, -0.1) is 0 Å². The molecule has 0 aromatic rings. The number of unbranched alkanes of at least 4 members (excludes halogenated alkanes) is 19. The number of ether oxygens (including phenoxy) is 3. The van der Waals surface area contributed by atoms with Gasteiger partial charge in [-0.3, -0.25) is 14.4 Å². The summed E-state index contributed by atoms with van der Waals surface area (Å²) in [7, 11) is 0. The second kappa shape index (κ2) is 43.8. The first-order valence-electron chi connectivity index (χ1n) is 22.8. The minimum Gasteiger partial charge on any atom is -0.462 e. The molecule has 1 unspecified atom stereocenters. The van der Waals surface area contributed by atoms with Crippen molar-refractivity contribution in [2.45, 2.75) is 219 Å². The summed E-state index contributed by atoms with van der Waals surface area (Å²) in [6.45, 7) is 6.31. The molecule has 0 aliphatic carbocycles. The van der Waals surface area contributed by atoms with E-state index in [4.69, 9.17) is 14.2 Å². The Morgan fingerprint density at radius 1 is 0.382 bits per heavy atom. The highest BCUT2D eigenvalue weighted by Gasteiger charge is 2.19. The van der Waals surface area contributed by atoms with Crippen molar-refractivity contribution < 1.29 is 28.6 Å². The number of carbonyl (C=O) groups excluding carboxylic acids is 3. The Morgan fingerprint density at radius 3 is 1.15 bits per heavy atom. The molecule has 316 valence electrons. The molecule has 0 heterocycles. The van der Waals surface area contributed by atoms with Gasteiger partial charge in [-0.1, -0.05) is 159 Å². The fourth-order valence-corrected chi connectivity index (χ4v) is 6.10. The SMILES string of the molecule is CC/C=C\C/C=C\CCCCC(=O)OCC(COC(=O)CCCCCCCCC/C=C\CCCCCCCCCC)OC(=O)CCCC/C=C\C/C=C\CC. The van der Waals surface area contributed by atoms with Crippen molar-refractivity contribution in [3.05, 3.63) is 60.8 Å². The second-order valence-electron chi connectivity index (χ2n) is 14.9. The number of carbonyl (C=O) groups is 3. The minimum absolute atomic E-state index is 0.100. The molecule has 0 N–H and O–H groups in total. The normalized spacial score (nSPS) is 12.6. The molecule has 55 heavy (non-hydrogen) atoms. The van der Waals surface area contributed by atoms with Gasteiger partial charge in [0, 0.05) is 19.3 Å². The van der Waals surface area contributed by atoms with Crippen molar-refractivity contribution in [2.24, 2.45) is 0 Å². The maximum absolute atomic E-state index is 12.6. The summed E-state index contributed by atoms with van der Waals surface area (Å²) in [4.78, 5) is 37.6. The smallest absolute Gasteiger partial charge is 0.306 e. The number of esters is 3. The number of hydrogen-bond donors (Lipinski definition) is 0. The average molecular weight is 769 g/mol. The van der Waals surface area contributed by atoms with E-state index in [0.29, 0.717) is 19.3 Å². The Kier molecular flexibility index (Phi) is 41.5. The summed E-state index contributed by atoms with van der Waals surface area (Å²) in [6, 6.07) is 0. The van der Waals surface area contributed by atoms with Gasteiger partial charge in [0.15, 0.2) is 6.10 Å². The Balaban J connectivity index is 4.29. The van der Waals surface area contributed by atoms with Gasteiger partial charge in [0.1, 0.15) is 13.2 Å². The van der Waals surface area contributed by atoms with E-state index in [0.717, 1.165) is 77.0 Å². The minimum atomic E-state index is -0.801. The van der Waals surface area contributed by atoms with Gasteiger partial charge < -0.3 is 14.2 Å². The highest BCUT2D eigenvalue weighted by atomic mass is 16.6. The Bertz CT molecular complexity index is 1020. The maximum Gasteiger partial charge on any atom is 0.306 e. The zero-order valence-electron chi connectivity index (χ0n) is 35.9.